The SMILES string of the molecule is O=C1OC2(c3ccc(NC4CCCCC4)cc3Oc3ccc(NBr)cc32)c2ccccc21. The van der Waals surface area contributed by atoms with Crippen molar-refractivity contribution in [1.29, 1.82) is 0 Å². The minimum atomic E-state index is -1.04. The molecule has 6 heteroatoms. The average Bonchev–Trinajstić information content (AvgIpc) is 3.13. The number of benzene rings is 3. The molecule has 6 rings (SSSR count). The van der Waals surface area contributed by atoms with Crippen molar-refractivity contribution >= 4 is 33.5 Å². The Bertz CT molecular complexity index is 1220. The zero-order valence-corrected chi connectivity index (χ0v) is 19.1. The van der Waals surface area contributed by atoms with Crippen LogP contribution in [0.3, 0.4) is 0 Å². The Morgan fingerprint density at radius 1 is 0.844 bits per heavy atom. The van der Waals surface area contributed by atoms with Crippen LogP contribution in [-0.2, 0) is 10.3 Å². The first-order valence-electron chi connectivity index (χ1n) is 11.1. The molecule has 1 saturated carbocycles. The molecular weight excluding hydrogens is 468 g/mol. The van der Waals surface area contributed by atoms with Gasteiger partial charge in [0.05, 0.1) is 5.56 Å². The Balaban J connectivity index is 1.51. The summed E-state index contributed by atoms with van der Waals surface area (Å²) in [6.45, 7) is 0. The number of halogens is 1. The van der Waals surface area contributed by atoms with Gasteiger partial charge in [0.15, 0.2) is 5.60 Å². The van der Waals surface area contributed by atoms with Crippen LogP contribution in [0.25, 0.3) is 0 Å². The molecule has 2 aliphatic heterocycles. The molecule has 32 heavy (non-hydrogen) atoms. The molecule has 5 nitrogen and oxygen atoms in total. The van der Waals surface area contributed by atoms with Crippen LogP contribution in [0, 0.1) is 0 Å². The first kappa shape index (κ1) is 19.7. The molecule has 3 aromatic carbocycles. The standard InChI is InChI=1S/C26H23BrN2O3/c27-29-18-11-13-23-22(14-18)26(20-9-5-4-8-19(20)25(30)32-26)21-12-10-17(15-24(21)31-23)28-16-6-2-1-3-7-16/h4-5,8-16,28-29H,1-3,6-7H2. The normalized spacial score (nSPS) is 21.2. The predicted octanol–water partition coefficient (Wildman–Crippen LogP) is 6.72. The minimum Gasteiger partial charge on any atom is -0.456 e. The Labute approximate surface area is 195 Å². The van der Waals surface area contributed by atoms with E-state index in [0.29, 0.717) is 23.1 Å². The predicted molar refractivity (Wildman–Crippen MR) is 128 cm³/mol. The fourth-order valence-electron chi connectivity index (χ4n) is 5.30. The van der Waals surface area contributed by atoms with Gasteiger partial charge in [0, 0.05) is 56.3 Å². The van der Waals surface area contributed by atoms with E-state index in [2.05, 4.69) is 31.9 Å². The highest BCUT2D eigenvalue weighted by atomic mass is 79.9. The van der Waals surface area contributed by atoms with Crippen molar-refractivity contribution in [1.82, 2.24) is 0 Å². The Morgan fingerprint density at radius 3 is 2.50 bits per heavy atom. The van der Waals surface area contributed by atoms with Crippen LogP contribution in [-0.4, -0.2) is 12.0 Å². The van der Waals surface area contributed by atoms with Gasteiger partial charge in [-0.15, -0.1) is 0 Å². The van der Waals surface area contributed by atoms with E-state index in [4.69, 9.17) is 9.47 Å². The van der Waals surface area contributed by atoms with E-state index in [-0.39, 0.29) is 5.97 Å². The van der Waals surface area contributed by atoms with E-state index in [1.165, 1.54) is 32.1 Å². The number of anilines is 2. The second-order valence-corrected chi connectivity index (χ2v) is 9.11. The average molecular weight is 491 g/mol. The van der Waals surface area contributed by atoms with Gasteiger partial charge in [0.2, 0.25) is 0 Å². The fraction of sp³-hybridized carbons (Fsp3) is 0.269. The molecule has 1 atom stereocenters. The molecule has 3 aliphatic rings. The molecule has 1 aliphatic carbocycles. The highest BCUT2D eigenvalue weighted by Gasteiger charge is 2.53. The largest absolute Gasteiger partial charge is 0.456 e. The highest BCUT2D eigenvalue weighted by Crippen LogP contribution is 2.56. The molecule has 0 aromatic heterocycles. The van der Waals surface area contributed by atoms with E-state index in [0.717, 1.165) is 28.1 Å². The number of ether oxygens (including phenoxy) is 2. The summed E-state index contributed by atoms with van der Waals surface area (Å²) >= 11 is 3.31. The van der Waals surface area contributed by atoms with Crippen molar-refractivity contribution in [2.24, 2.45) is 0 Å². The summed E-state index contributed by atoms with van der Waals surface area (Å²) in [6.07, 6.45) is 6.25. The lowest BCUT2D eigenvalue weighted by molar-refractivity contribution is 0.0224. The third-order valence-corrected chi connectivity index (χ3v) is 7.25. The van der Waals surface area contributed by atoms with Crippen molar-refractivity contribution in [3.8, 4) is 11.5 Å². The number of nitrogens with one attached hydrogen (secondary N) is 2. The Kier molecular flexibility index (Phi) is 4.65. The fourth-order valence-corrected chi connectivity index (χ4v) is 5.55. The van der Waals surface area contributed by atoms with Gasteiger partial charge in [-0.3, -0.25) is 0 Å². The maximum Gasteiger partial charge on any atom is 0.340 e. The van der Waals surface area contributed by atoms with E-state index < -0.39 is 5.60 Å². The molecule has 3 aromatic rings. The van der Waals surface area contributed by atoms with Gasteiger partial charge in [0.1, 0.15) is 11.5 Å². The lowest BCUT2D eigenvalue weighted by Crippen LogP contribution is -2.33. The van der Waals surface area contributed by atoms with Crippen LogP contribution in [0.2, 0.25) is 0 Å². The van der Waals surface area contributed by atoms with Gasteiger partial charge in [-0.05, 0) is 49.2 Å². The van der Waals surface area contributed by atoms with Crippen LogP contribution >= 0.6 is 16.1 Å². The Hall–Kier alpha value is -2.99. The lowest BCUT2D eigenvalue weighted by Gasteiger charge is -2.37. The lowest BCUT2D eigenvalue weighted by atomic mass is 9.77. The number of rotatable bonds is 3. The monoisotopic (exact) mass is 490 g/mol. The quantitative estimate of drug-likeness (QED) is 0.315. The van der Waals surface area contributed by atoms with Gasteiger partial charge in [0.25, 0.3) is 0 Å². The zero-order valence-electron chi connectivity index (χ0n) is 17.5. The van der Waals surface area contributed by atoms with Gasteiger partial charge in [-0.1, -0.05) is 37.5 Å². The third-order valence-electron chi connectivity index (χ3n) is 6.80. The third kappa shape index (κ3) is 2.93. The maximum atomic E-state index is 12.9. The number of carbonyl (C=O) groups is 1. The van der Waals surface area contributed by atoms with E-state index >= 15 is 0 Å². The van der Waals surface area contributed by atoms with E-state index in [1.54, 1.807) is 0 Å². The number of hydrogen-bond acceptors (Lipinski definition) is 5. The van der Waals surface area contributed by atoms with Gasteiger partial charge < -0.3 is 19.1 Å². The molecule has 162 valence electrons. The summed E-state index contributed by atoms with van der Waals surface area (Å²) in [4.78, 5) is 12.9. The molecule has 0 bridgehead atoms. The number of hydrogen-bond donors (Lipinski definition) is 2. The summed E-state index contributed by atoms with van der Waals surface area (Å²) in [5.74, 6) is 1.08. The Morgan fingerprint density at radius 2 is 1.66 bits per heavy atom. The smallest absolute Gasteiger partial charge is 0.340 e. The van der Waals surface area contributed by atoms with Crippen LogP contribution in [0.5, 0.6) is 11.5 Å². The van der Waals surface area contributed by atoms with Crippen molar-refractivity contribution in [2.75, 3.05) is 9.66 Å². The maximum absolute atomic E-state index is 12.9. The minimum absolute atomic E-state index is 0.319. The first-order chi connectivity index (χ1) is 15.7. The molecule has 0 saturated heterocycles. The molecule has 1 unspecified atom stereocenters. The topological polar surface area (TPSA) is 59.6 Å². The van der Waals surface area contributed by atoms with E-state index in [1.807, 2.05) is 54.6 Å². The molecule has 1 spiro atoms. The zero-order chi connectivity index (χ0) is 21.7. The van der Waals surface area contributed by atoms with Crippen LogP contribution in [0.4, 0.5) is 11.4 Å². The number of esters is 1. The van der Waals surface area contributed by atoms with Crippen LogP contribution in [0.1, 0.15) is 59.2 Å². The highest BCUT2D eigenvalue weighted by molar-refractivity contribution is 9.10. The second-order valence-electron chi connectivity index (χ2n) is 8.71. The van der Waals surface area contributed by atoms with Crippen molar-refractivity contribution < 1.29 is 14.3 Å². The summed E-state index contributed by atoms with van der Waals surface area (Å²) in [7, 11) is 0. The second kappa shape index (κ2) is 7.55. The van der Waals surface area contributed by atoms with Crippen LogP contribution in [0.15, 0.2) is 60.7 Å². The van der Waals surface area contributed by atoms with Gasteiger partial charge >= 0.3 is 5.97 Å². The van der Waals surface area contributed by atoms with Crippen molar-refractivity contribution in [3.05, 3.63) is 82.9 Å². The summed E-state index contributed by atoms with van der Waals surface area (Å²) in [5, 5.41) is 3.68. The van der Waals surface area contributed by atoms with Crippen molar-refractivity contribution in [2.45, 2.75) is 43.7 Å². The molecule has 0 radical (unpaired) electrons. The molecule has 2 heterocycles. The van der Waals surface area contributed by atoms with Crippen LogP contribution < -0.4 is 14.4 Å². The molecular formula is C26H23BrN2O3. The number of fused-ring (bicyclic) bond motifs is 6. The molecule has 1 fully saturated rings. The van der Waals surface area contributed by atoms with Gasteiger partial charge in [-0.25, -0.2) is 4.79 Å². The van der Waals surface area contributed by atoms with Crippen molar-refractivity contribution in [3.63, 3.8) is 0 Å². The number of carbonyl (C=O) groups excluding carboxylic acids is 1. The summed E-state index contributed by atoms with van der Waals surface area (Å²) < 4.78 is 15.6. The summed E-state index contributed by atoms with van der Waals surface area (Å²) in [6, 6.07) is 20.1. The molecule has 2 N–H and O–H groups in total. The summed E-state index contributed by atoms with van der Waals surface area (Å²) in [5.41, 5.74) is 3.92. The van der Waals surface area contributed by atoms with E-state index in [9.17, 15) is 4.79 Å². The molecule has 0 amide bonds. The van der Waals surface area contributed by atoms with Gasteiger partial charge in [-0.2, -0.15) is 0 Å². The first-order valence-corrected chi connectivity index (χ1v) is 11.9.